The maximum atomic E-state index is 12.2. The molecule has 23 heavy (non-hydrogen) atoms. The highest BCUT2D eigenvalue weighted by Gasteiger charge is 2.42. The topological polar surface area (TPSA) is 85.7 Å². The lowest BCUT2D eigenvalue weighted by Crippen LogP contribution is -2.39. The molecule has 0 unspecified atom stereocenters. The number of aliphatic hydroxyl groups excluding tert-OH is 2. The first-order chi connectivity index (χ1) is 11.0. The summed E-state index contributed by atoms with van der Waals surface area (Å²) < 4.78 is 0. The van der Waals surface area contributed by atoms with E-state index in [0.29, 0.717) is 44.3 Å². The van der Waals surface area contributed by atoms with Crippen LogP contribution in [0.3, 0.4) is 0 Å². The van der Waals surface area contributed by atoms with Crippen molar-refractivity contribution in [2.24, 2.45) is 11.8 Å². The zero-order valence-electron chi connectivity index (χ0n) is 13.4. The maximum absolute atomic E-state index is 12.2. The molecule has 0 bridgehead atoms. The molecule has 1 aromatic heterocycles. The first-order valence-corrected chi connectivity index (χ1v) is 9.21. The van der Waals surface area contributed by atoms with Gasteiger partial charge in [-0.15, -0.1) is 11.3 Å². The number of hydrogen-bond acceptors (Lipinski definition) is 5. The summed E-state index contributed by atoms with van der Waals surface area (Å²) in [6.45, 7) is 4.01. The van der Waals surface area contributed by atoms with Gasteiger partial charge in [-0.3, -0.25) is 0 Å². The first kappa shape index (κ1) is 16.7. The minimum absolute atomic E-state index is 0.0290. The number of amides is 2. The maximum Gasteiger partial charge on any atom is 0.317 e. The molecule has 3 N–H and O–H groups in total. The number of aromatic nitrogens is 1. The Bertz CT molecular complexity index is 532. The number of carbonyl (C=O) groups is 1. The number of aryl methyl sites for hydroxylation is 2. The molecule has 1 aliphatic heterocycles. The number of nitrogens with one attached hydrogen (secondary N) is 1. The van der Waals surface area contributed by atoms with E-state index < -0.39 is 12.2 Å². The Hall–Kier alpha value is -1.18. The molecule has 2 fully saturated rings. The van der Waals surface area contributed by atoms with Crippen LogP contribution in [0.15, 0.2) is 5.38 Å². The lowest BCUT2D eigenvalue weighted by Gasteiger charge is -2.31. The zero-order valence-corrected chi connectivity index (χ0v) is 14.3. The fraction of sp³-hybridized carbons (Fsp3) is 0.750. The van der Waals surface area contributed by atoms with Crippen molar-refractivity contribution in [2.75, 3.05) is 19.6 Å². The van der Waals surface area contributed by atoms with Gasteiger partial charge in [-0.25, -0.2) is 9.78 Å². The molecule has 128 valence electrons. The number of aliphatic hydroxyl groups is 2. The summed E-state index contributed by atoms with van der Waals surface area (Å²) in [6.07, 6.45) is 1.69. The summed E-state index contributed by atoms with van der Waals surface area (Å²) >= 11 is 1.67. The van der Waals surface area contributed by atoms with Crippen molar-refractivity contribution in [3.05, 3.63) is 16.1 Å². The van der Waals surface area contributed by atoms with Crippen LogP contribution in [0.25, 0.3) is 0 Å². The van der Waals surface area contributed by atoms with Gasteiger partial charge in [-0.1, -0.05) is 0 Å². The summed E-state index contributed by atoms with van der Waals surface area (Å²) in [4.78, 5) is 18.5. The van der Waals surface area contributed by atoms with Gasteiger partial charge in [-0.05, 0) is 38.0 Å². The Labute approximate surface area is 140 Å². The lowest BCUT2D eigenvalue weighted by molar-refractivity contribution is -0.0372. The highest BCUT2D eigenvalue weighted by atomic mass is 32.1. The molecule has 2 amide bonds. The number of likely N-dealkylation sites (tertiary alicyclic amines) is 1. The van der Waals surface area contributed by atoms with Crippen molar-refractivity contribution in [3.8, 4) is 0 Å². The molecule has 1 aliphatic carbocycles. The highest BCUT2D eigenvalue weighted by Crippen LogP contribution is 2.36. The quantitative estimate of drug-likeness (QED) is 0.719. The van der Waals surface area contributed by atoms with Crippen molar-refractivity contribution in [3.63, 3.8) is 0 Å². The molecular formula is C16H25N3O3S. The molecule has 0 radical (unpaired) electrons. The van der Waals surface area contributed by atoms with E-state index in [1.165, 1.54) is 0 Å². The van der Waals surface area contributed by atoms with E-state index in [1.807, 2.05) is 17.2 Å². The number of fused-ring (bicyclic) bond motifs is 1. The molecule has 4 atom stereocenters. The molecule has 6 nitrogen and oxygen atoms in total. The molecule has 7 heteroatoms. The van der Waals surface area contributed by atoms with E-state index in [1.54, 1.807) is 11.3 Å². The molecule has 0 aromatic carbocycles. The van der Waals surface area contributed by atoms with Crippen molar-refractivity contribution in [1.82, 2.24) is 15.2 Å². The van der Waals surface area contributed by atoms with Crippen LogP contribution in [-0.2, 0) is 6.42 Å². The van der Waals surface area contributed by atoms with Gasteiger partial charge < -0.3 is 20.4 Å². The molecule has 1 aromatic rings. The third-order valence-electron chi connectivity index (χ3n) is 4.91. The molecule has 2 heterocycles. The molecule has 1 saturated carbocycles. The zero-order chi connectivity index (χ0) is 16.4. The molecule has 1 saturated heterocycles. The predicted molar refractivity (Wildman–Crippen MR) is 88.4 cm³/mol. The van der Waals surface area contributed by atoms with Crippen molar-refractivity contribution >= 4 is 17.4 Å². The second-order valence-corrected chi connectivity index (χ2v) is 7.69. The average Bonchev–Trinajstić information content (AvgIpc) is 3.10. The Morgan fingerprint density at radius 2 is 2.00 bits per heavy atom. The van der Waals surface area contributed by atoms with E-state index in [-0.39, 0.29) is 6.03 Å². The minimum Gasteiger partial charge on any atom is -0.390 e. The summed E-state index contributed by atoms with van der Waals surface area (Å²) in [5.74, 6) is 0.634. The Kier molecular flexibility index (Phi) is 5.18. The molecular weight excluding hydrogens is 314 g/mol. The minimum atomic E-state index is -0.638. The number of urea groups is 1. The lowest BCUT2D eigenvalue weighted by atomic mass is 9.79. The van der Waals surface area contributed by atoms with Gasteiger partial charge in [0.1, 0.15) is 0 Å². The van der Waals surface area contributed by atoms with Gasteiger partial charge in [0.25, 0.3) is 0 Å². The smallest absolute Gasteiger partial charge is 0.317 e. The average molecular weight is 339 g/mol. The second kappa shape index (κ2) is 7.15. The fourth-order valence-corrected chi connectivity index (χ4v) is 4.46. The molecule has 3 rings (SSSR count). The SMILES string of the molecule is Cc1csc(CCCNC(=O)N2C[C@H]3C[C@H](O)[C@@H](O)C[C@H]3C2)n1. The fourth-order valence-electron chi connectivity index (χ4n) is 3.64. The van der Waals surface area contributed by atoms with Crippen LogP contribution in [-0.4, -0.2) is 58.0 Å². The summed E-state index contributed by atoms with van der Waals surface area (Å²) in [7, 11) is 0. The van der Waals surface area contributed by atoms with Crippen LogP contribution >= 0.6 is 11.3 Å². The van der Waals surface area contributed by atoms with Crippen LogP contribution in [0.2, 0.25) is 0 Å². The number of thiazole rings is 1. The van der Waals surface area contributed by atoms with Crippen molar-refractivity contribution in [1.29, 1.82) is 0 Å². The third-order valence-corrected chi connectivity index (χ3v) is 5.93. The van der Waals surface area contributed by atoms with Gasteiger partial charge in [0.15, 0.2) is 0 Å². The highest BCUT2D eigenvalue weighted by molar-refractivity contribution is 7.09. The Morgan fingerprint density at radius 1 is 1.35 bits per heavy atom. The van der Waals surface area contributed by atoms with Crippen LogP contribution < -0.4 is 5.32 Å². The standard InChI is InChI=1S/C16H25N3O3S/c1-10-9-23-15(18-10)3-2-4-17-16(22)19-7-11-5-13(20)14(21)6-12(11)8-19/h9,11-14,20-21H,2-8H2,1H3,(H,17,22)/t11-,12+,13-,14-/m0/s1. The molecule has 2 aliphatic rings. The Balaban J connectivity index is 1.39. The van der Waals surface area contributed by atoms with Crippen molar-refractivity contribution in [2.45, 2.75) is 44.8 Å². The Morgan fingerprint density at radius 3 is 2.57 bits per heavy atom. The number of hydrogen-bond donors (Lipinski definition) is 3. The largest absolute Gasteiger partial charge is 0.390 e. The number of nitrogens with zero attached hydrogens (tertiary/aromatic N) is 2. The van der Waals surface area contributed by atoms with E-state index in [4.69, 9.17) is 0 Å². The van der Waals surface area contributed by atoms with Crippen LogP contribution in [0, 0.1) is 18.8 Å². The molecule has 0 spiro atoms. The summed E-state index contributed by atoms with van der Waals surface area (Å²) in [6, 6.07) is -0.0290. The van der Waals surface area contributed by atoms with E-state index in [9.17, 15) is 15.0 Å². The van der Waals surface area contributed by atoms with Gasteiger partial charge >= 0.3 is 6.03 Å². The van der Waals surface area contributed by atoms with Gasteiger partial charge in [0.2, 0.25) is 0 Å². The van der Waals surface area contributed by atoms with Crippen LogP contribution in [0.1, 0.15) is 30.0 Å². The number of rotatable bonds is 4. The van der Waals surface area contributed by atoms with E-state index in [2.05, 4.69) is 10.3 Å². The van der Waals surface area contributed by atoms with E-state index in [0.717, 1.165) is 23.5 Å². The van der Waals surface area contributed by atoms with Gasteiger partial charge in [0.05, 0.1) is 17.2 Å². The van der Waals surface area contributed by atoms with E-state index >= 15 is 0 Å². The van der Waals surface area contributed by atoms with Crippen LogP contribution in [0.4, 0.5) is 4.79 Å². The first-order valence-electron chi connectivity index (χ1n) is 8.33. The summed E-state index contributed by atoms with van der Waals surface area (Å²) in [5.41, 5.74) is 1.05. The monoisotopic (exact) mass is 339 g/mol. The van der Waals surface area contributed by atoms with Crippen LogP contribution in [0.5, 0.6) is 0 Å². The second-order valence-electron chi connectivity index (χ2n) is 6.75. The normalized spacial score (nSPS) is 30.3. The predicted octanol–water partition coefficient (Wildman–Crippen LogP) is 1.16. The number of carbonyl (C=O) groups excluding carboxylic acids is 1. The summed E-state index contributed by atoms with van der Waals surface area (Å²) in [5, 5.41) is 25.7. The van der Waals surface area contributed by atoms with Gasteiger partial charge in [0, 0.05) is 37.1 Å². The third kappa shape index (κ3) is 4.02. The van der Waals surface area contributed by atoms with Crippen molar-refractivity contribution < 1.29 is 15.0 Å². The van der Waals surface area contributed by atoms with Gasteiger partial charge in [-0.2, -0.15) is 0 Å².